The van der Waals surface area contributed by atoms with Crippen molar-refractivity contribution in [3.05, 3.63) is 0 Å². The van der Waals surface area contributed by atoms with E-state index in [2.05, 4.69) is 25.8 Å². The maximum Gasteiger partial charge on any atom is 0.137 e. The lowest BCUT2D eigenvalue weighted by atomic mass is 9.75. The Hall–Kier alpha value is -0.370. The largest absolute Gasteiger partial charge is 0.305 e. The molecule has 2 nitrogen and oxygen atoms in total. The van der Waals surface area contributed by atoms with Crippen molar-refractivity contribution in [2.75, 3.05) is 20.1 Å². The van der Waals surface area contributed by atoms with E-state index in [-0.39, 0.29) is 0 Å². The second-order valence-corrected chi connectivity index (χ2v) is 7.67. The SMILES string of the molecule is CC(C)C1CCC(=O)C(CN(C)CC2CCCCC2)C1. The van der Waals surface area contributed by atoms with Crippen molar-refractivity contribution >= 4 is 5.78 Å². The molecule has 0 aromatic carbocycles. The summed E-state index contributed by atoms with van der Waals surface area (Å²) in [4.78, 5) is 14.6. The van der Waals surface area contributed by atoms with E-state index in [1.54, 1.807) is 0 Å². The van der Waals surface area contributed by atoms with Gasteiger partial charge in [-0.05, 0) is 50.5 Å². The number of hydrogen-bond acceptors (Lipinski definition) is 2. The van der Waals surface area contributed by atoms with Crippen molar-refractivity contribution in [3.8, 4) is 0 Å². The molecule has 2 saturated carbocycles. The van der Waals surface area contributed by atoms with Crippen LogP contribution in [0.1, 0.15) is 65.2 Å². The van der Waals surface area contributed by atoms with Gasteiger partial charge in [0.2, 0.25) is 0 Å². The normalized spacial score (nSPS) is 29.4. The Morgan fingerprint density at radius 1 is 1.10 bits per heavy atom. The molecule has 2 rings (SSSR count). The van der Waals surface area contributed by atoms with Crippen LogP contribution in [0.25, 0.3) is 0 Å². The molecule has 0 radical (unpaired) electrons. The van der Waals surface area contributed by atoms with Crippen LogP contribution in [-0.4, -0.2) is 30.8 Å². The molecule has 2 fully saturated rings. The monoisotopic (exact) mass is 279 g/mol. The van der Waals surface area contributed by atoms with Gasteiger partial charge in [0.05, 0.1) is 0 Å². The van der Waals surface area contributed by atoms with Crippen LogP contribution >= 0.6 is 0 Å². The van der Waals surface area contributed by atoms with Gasteiger partial charge >= 0.3 is 0 Å². The maximum absolute atomic E-state index is 12.2. The van der Waals surface area contributed by atoms with Gasteiger partial charge in [-0.2, -0.15) is 0 Å². The zero-order valence-corrected chi connectivity index (χ0v) is 13.7. The Morgan fingerprint density at radius 2 is 1.80 bits per heavy atom. The Labute approximate surface area is 125 Å². The number of ketones is 1. The highest BCUT2D eigenvalue weighted by atomic mass is 16.1. The number of Topliss-reactive ketones (excluding diaryl/α,β-unsaturated/α-hetero) is 1. The topological polar surface area (TPSA) is 20.3 Å². The lowest BCUT2D eigenvalue weighted by Crippen LogP contribution is -2.38. The zero-order valence-electron chi connectivity index (χ0n) is 13.7. The van der Waals surface area contributed by atoms with Crippen LogP contribution in [0.15, 0.2) is 0 Å². The summed E-state index contributed by atoms with van der Waals surface area (Å²) in [6, 6.07) is 0. The third-order valence-corrected chi connectivity index (χ3v) is 5.57. The lowest BCUT2D eigenvalue weighted by Gasteiger charge is -2.34. The van der Waals surface area contributed by atoms with E-state index < -0.39 is 0 Å². The van der Waals surface area contributed by atoms with E-state index in [0.717, 1.165) is 43.6 Å². The van der Waals surface area contributed by atoms with Gasteiger partial charge < -0.3 is 4.90 Å². The molecule has 0 bridgehead atoms. The molecule has 0 aliphatic heterocycles. The molecule has 2 heteroatoms. The number of carbonyl (C=O) groups is 1. The molecule has 0 aromatic rings. The molecule has 0 spiro atoms. The second kappa shape index (κ2) is 7.59. The minimum Gasteiger partial charge on any atom is -0.305 e. The highest BCUT2D eigenvalue weighted by Crippen LogP contribution is 2.32. The van der Waals surface area contributed by atoms with Gasteiger partial charge in [-0.15, -0.1) is 0 Å². The quantitative estimate of drug-likeness (QED) is 0.754. The molecule has 0 heterocycles. The highest BCUT2D eigenvalue weighted by molar-refractivity contribution is 5.81. The highest BCUT2D eigenvalue weighted by Gasteiger charge is 2.31. The molecule has 0 saturated heterocycles. The Bertz CT molecular complexity index is 307. The van der Waals surface area contributed by atoms with Gasteiger partial charge in [0.25, 0.3) is 0 Å². The number of carbonyl (C=O) groups excluding carboxylic acids is 1. The lowest BCUT2D eigenvalue weighted by molar-refractivity contribution is -0.126. The van der Waals surface area contributed by atoms with E-state index in [0.29, 0.717) is 11.7 Å². The summed E-state index contributed by atoms with van der Waals surface area (Å²) < 4.78 is 0. The average Bonchev–Trinajstić information content (AvgIpc) is 2.42. The third kappa shape index (κ3) is 4.58. The van der Waals surface area contributed by atoms with Crippen LogP contribution in [0.4, 0.5) is 0 Å². The minimum atomic E-state index is 0.310. The van der Waals surface area contributed by atoms with E-state index in [1.807, 2.05) is 0 Å². The van der Waals surface area contributed by atoms with Crippen LogP contribution in [0.3, 0.4) is 0 Å². The van der Waals surface area contributed by atoms with Crippen LogP contribution in [-0.2, 0) is 4.79 Å². The first-order valence-electron chi connectivity index (χ1n) is 8.77. The first kappa shape index (κ1) is 16.0. The summed E-state index contributed by atoms with van der Waals surface area (Å²) in [5, 5.41) is 0. The van der Waals surface area contributed by atoms with Crippen LogP contribution in [0, 0.1) is 23.7 Å². The van der Waals surface area contributed by atoms with Crippen molar-refractivity contribution in [3.63, 3.8) is 0 Å². The fraction of sp³-hybridized carbons (Fsp3) is 0.944. The molecular weight excluding hydrogens is 246 g/mol. The summed E-state index contributed by atoms with van der Waals surface area (Å²) in [5.41, 5.74) is 0. The molecule has 0 aromatic heterocycles. The summed E-state index contributed by atoms with van der Waals surface area (Å²) >= 11 is 0. The smallest absolute Gasteiger partial charge is 0.137 e. The predicted octanol–water partition coefficient (Wildman–Crippen LogP) is 4.14. The van der Waals surface area contributed by atoms with Gasteiger partial charge in [-0.25, -0.2) is 0 Å². The molecule has 0 N–H and O–H groups in total. The molecule has 20 heavy (non-hydrogen) atoms. The summed E-state index contributed by atoms with van der Waals surface area (Å²) in [5.74, 6) is 3.21. The molecule has 0 amide bonds. The number of rotatable bonds is 5. The van der Waals surface area contributed by atoms with Crippen molar-refractivity contribution < 1.29 is 4.79 Å². The molecule has 2 aliphatic rings. The fourth-order valence-corrected chi connectivity index (χ4v) is 4.19. The third-order valence-electron chi connectivity index (χ3n) is 5.57. The first-order chi connectivity index (χ1) is 9.56. The fourth-order valence-electron chi connectivity index (χ4n) is 4.19. The van der Waals surface area contributed by atoms with Crippen molar-refractivity contribution in [1.82, 2.24) is 4.90 Å². The van der Waals surface area contributed by atoms with E-state index in [9.17, 15) is 4.79 Å². The van der Waals surface area contributed by atoms with Gasteiger partial charge in [0.1, 0.15) is 5.78 Å². The Kier molecular flexibility index (Phi) is 6.07. The standard InChI is InChI=1S/C18H33NO/c1-14(2)16-9-10-18(20)17(11-16)13-19(3)12-15-7-5-4-6-8-15/h14-17H,4-13H2,1-3H3. The molecule has 116 valence electrons. The van der Waals surface area contributed by atoms with Gasteiger partial charge in [0, 0.05) is 25.4 Å². The Morgan fingerprint density at radius 3 is 2.45 bits per heavy atom. The van der Waals surface area contributed by atoms with Crippen LogP contribution in [0.5, 0.6) is 0 Å². The maximum atomic E-state index is 12.2. The molecule has 2 unspecified atom stereocenters. The zero-order chi connectivity index (χ0) is 14.5. The predicted molar refractivity (Wildman–Crippen MR) is 84.7 cm³/mol. The molecule has 2 atom stereocenters. The van der Waals surface area contributed by atoms with E-state index >= 15 is 0 Å². The van der Waals surface area contributed by atoms with E-state index in [1.165, 1.54) is 38.6 Å². The van der Waals surface area contributed by atoms with Gasteiger partial charge in [-0.1, -0.05) is 33.1 Å². The van der Waals surface area contributed by atoms with Gasteiger partial charge in [-0.3, -0.25) is 4.79 Å². The molecule has 2 aliphatic carbocycles. The van der Waals surface area contributed by atoms with Crippen LogP contribution in [0.2, 0.25) is 0 Å². The van der Waals surface area contributed by atoms with Gasteiger partial charge in [0.15, 0.2) is 0 Å². The van der Waals surface area contributed by atoms with Crippen molar-refractivity contribution in [2.45, 2.75) is 65.2 Å². The summed E-state index contributed by atoms with van der Waals surface area (Å²) in [6.07, 6.45) is 10.1. The van der Waals surface area contributed by atoms with Crippen molar-refractivity contribution in [2.24, 2.45) is 23.7 Å². The first-order valence-corrected chi connectivity index (χ1v) is 8.77. The molecular formula is C18H33NO. The van der Waals surface area contributed by atoms with Crippen LogP contribution < -0.4 is 0 Å². The average molecular weight is 279 g/mol. The van der Waals surface area contributed by atoms with Crippen molar-refractivity contribution in [1.29, 1.82) is 0 Å². The summed E-state index contributed by atoms with van der Waals surface area (Å²) in [6.45, 7) is 6.82. The Balaban J connectivity index is 1.79. The number of hydrogen-bond donors (Lipinski definition) is 0. The second-order valence-electron chi connectivity index (χ2n) is 7.67. The summed E-state index contributed by atoms with van der Waals surface area (Å²) in [7, 11) is 2.22. The van der Waals surface area contributed by atoms with E-state index in [4.69, 9.17) is 0 Å². The number of nitrogens with zero attached hydrogens (tertiary/aromatic N) is 1. The minimum absolute atomic E-state index is 0.310.